The van der Waals surface area contributed by atoms with Gasteiger partial charge in [0.1, 0.15) is 5.75 Å². The van der Waals surface area contributed by atoms with Crippen LogP contribution < -0.4 is 0 Å². The van der Waals surface area contributed by atoms with Gasteiger partial charge in [-0.15, -0.1) is 0 Å². The minimum Gasteiger partial charge on any atom is -0.508 e. The number of hydrogen-bond donors (Lipinski definition) is 1. The average molecular weight is 221 g/mol. The lowest BCUT2D eigenvalue weighted by atomic mass is 10.1. The molecule has 0 heterocycles. The number of rotatable bonds is 3. The quantitative estimate of drug-likeness (QED) is 0.798. The number of benzene rings is 1. The lowest BCUT2D eigenvalue weighted by Crippen LogP contribution is -2.27. The van der Waals surface area contributed by atoms with E-state index >= 15 is 0 Å². The summed E-state index contributed by atoms with van der Waals surface area (Å²) in [5.41, 5.74) is 0.708. The SMILES string of the molecule is C[Si](C)(C)OC(C#N)c1cccc(O)c1. The van der Waals surface area contributed by atoms with Crippen LogP contribution in [-0.4, -0.2) is 13.4 Å². The molecule has 0 radical (unpaired) electrons. The van der Waals surface area contributed by atoms with Gasteiger partial charge in [0.25, 0.3) is 0 Å². The molecule has 0 saturated heterocycles. The smallest absolute Gasteiger partial charge is 0.186 e. The molecule has 0 saturated carbocycles. The Bertz CT molecular complexity index is 379. The van der Waals surface area contributed by atoms with Crippen molar-refractivity contribution >= 4 is 8.32 Å². The van der Waals surface area contributed by atoms with Gasteiger partial charge in [0, 0.05) is 0 Å². The summed E-state index contributed by atoms with van der Waals surface area (Å²) in [7, 11) is -1.75. The molecule has 0 amide bonds. The molecule has 0 aliphatic rings. The van der Waals surface area contributed by atoms with Crippen molar-refractivity contribution in [3.05, 3.63) is 29.8 Å². The van der Waals surface area contributed by atoms with Crippen molar-refractivity contribution in [2.45, 2.75) is 25.7 Å². The highest BCUT2D eigenvalue weighted by Crippen LogP contribution is 2.24. The molecule has 4 heteroatoms. The Kier molecular flexibility index (Phi) is 3.51. The van der Waals surface area contributed by atoms with E-state index in [0.29, 0.717) is 5.56 Å². The first-order valence-electron chi connectivity index (χ1n) is 4.79. The largest absolute Gasteiger partial charge is 0.508 e. The van der Waals surface area contributed by atoms with Gasteiger partial charge in [-0.05, 0) is 37.3 Å². The van der Waals surface area contributed by atoms with E-state index in [1.165, 1.54) is 0 Å². The fraction of sp³-hybridized carbons (Fsp3) is 0.364. The van der Waals surface area contributed by atoms with E-state index in [2.05, 4.69) is 6.07 Å². The second-order valence-electron chi connectivity index (χ2n) is 4.33. The van der Waals surface area contributed by atoms with Crippen LogP contribution in [-0.2, 0) is 4.43 Å². The van der Waals surface area contributed by atoms with Crippen molar-refractivity contribution in [2.24, 2.45) is 0 Å². The van der Waals surface area contributed by atoms with E-state index in [-0.39, 0.29) is 5.75 Å². The summed E-state index contributed by atoms with van der Waals surface area (Å²) in [6, 6.07) is 8.74. The lowest BCUT2D eigenvalue weighted by molar-refractivity contribution is 0.254. The van der Waals surface area contributed by atoms with Crippen LogP contribution in [0, 0.1) is 11.3 Å². The lowest BCUT2D eigenvalue weighted by Gasteiger charge is -2.21. The highest BCUT2D eigenvalue weighted by molar-refractivity contribution is 6.69. The van der Waals surface area contributed by atoms with Gasteiger partial charge >= 0.3 is 0 Å². The third-order valence-electron chi connectivity index (χ3n) is 1.76. The number of hydrogen-bond acceptors (Lipinski definition) is 3. The average Bonchev–Trinajstić information content (AvgIpc) is 2.13. The summed E-state index contributed by atoms with van der Waals surface area (Å²) < 4.78 is 5.69. The third-order valence-corrected chi connectivity index (χ3v) is 2.70. The predicted octanol–water partition coefficient (Wildman–Crippen LogP) is 2.81. The molecule has 0 spiro atoms. The van der Waals surface area contributed by atoms with E-state index in [1.54, 1.807) is 24.3 Å². The number of phenolic OH excluding ortho intramolecular Hbond substituents is 1. The Morgan fingerprint density at radius 1 is 1.40 bits per heavy atom. The summed E-state index contributed by atoms with van der Waals surface area (Å²) in [6.07, 6.45) is -0.580. The molecule has 1 rings (SSSR count). The van der Waals surface area contributed by atoms with Crippen molar-refractivity contribution in [3.8, 4) is 11.8 Å². The zero-order valence-corrected chi connectivity index (χ0v) is 10.2. The Balaban J connectivity index is 2.90. The summed E-state index contributed by atoms with van der Waals surface area (Å²) in [5.74, 6) is 0.159. The van der Waals surface area contributed by atoms with Crippen molar-refractivity contribution in [3.63, 3.8) is 0 Å². The fourth-order valence-electron chi connectivity index (χ4n) is 1.21. The number of nitriles is 1. The zero-order chi connectivity index (χ0) is 11.5. The summed E-state index contributed by atoms with van der Waals surface area (Å²) in [6.45, 7) is 6.08. The molecular formula is C11H15NO2Si. The molecule has 0 fully saturated rings. The molecule has 1 N–H and O–H groups in total. The van der Waals surface area contributed by atoms with Crippen LogP contribution in [0.4, 0.5) is 0 Å². The number of phenols is 1. The van der Waals surface area contributed by atoms with E-state index in [0.717, 1.165) is 0 Å². The normalized spacial score (nSPS) is 13.2. The Morgan fingerprint density at radius 2 is 2.07 bits per heavy atom. The van der Waals surface area contributed by atoms with E-state index < -0.39 is 14.4 Å². The molecule has 3 nitrogen and oxygen atoms in total. The fourth-order valence-corrected chi connectivity index (χ4v) is 2.11. The first kappa shape index (κ1) is 11.8. The molecule has 80 valence electrons. The molecule has 1 unspecified atom stereocenters. The van der Waals surface area contributed by atoms with Gasteiger partial charge in [-0.1, -0.05) is 12.1 Å². The second-order valence-corrected chi connectivity index (χ2v) is 8.79. The minimum absolute atomic E-state index is 0.159. The molecule has 0 aliphatic carbocycles. The van der Waals surface area contributed by atoms with Crippen molar-refractivity contribution < 1.29 is 9.53 Å². The van der Waals surface area contributed by atoms with Gasteiger partial charge in [-0.3, -0.25) is 0 Å². The maximum Gasteiger partial charge on any atom is 0.186 e. The minimum atomic E-state index is -1.75. The Labute approximate surface area is 91.1 Å². The van der Waals surface area contributed by atoms with Crippen LogP contribution in [0.2, 0.25) is 19.6 Å². The predicted molar refractivity (Wildman–Crippen MR) is 60.9 cm³/mol. The standard InChI is InChI=1S/C11H15NO2Si/c1-15(2,3)14-11(8-12)9-5-4-6-10(13)7-9/h4-7,11,13H,1-3H3. The maximum atomic E-state index is 9.30. The van der Waals surface area contributed by atoms with Gasteiger partial charge in [0.05, 0.1) is 6.07 Å². The number of nitrogens with zero attached hydrogens (tertiary/aromatic N) is 1. The van der Waals surface area contributed by atoms with Gasteiger partial charge < -0.3 is 9.53 Å². The topological polar surface area (TPSA) is 53.2 Å². The molecule has 0 aliphatic heterocycles. The van der Waals surface area contributed by atoms with Crippen molar-refractivity contribution in [1.82, 2.24) is 0 Å². The van der Waals surface area contributed by atoms with E-state index in [9.17, 15) is 5.11 Å². The Hall–Kier alpha value is -1.31. The molecule has 1 atom stereocenters. The first-order chi connectivity index (χ1) is 6.92. The molecule has 0 bridgehead atoms. The highest BCUT2D eigenvalue weighted by Gasteiger charge is 2.22. The van der Waals surface area contributed by atoms with Crippen LogP contribution in [0.3, 0.4) is 0 Å². The molecule has 15 heavy (non-hydrogen) atoms. The summed E-state index contributed by atoms with van der Waals surface area (Å²) in [4.78, 5) is 0. The summed E-state index contributed by atoms with van der Waals surface area (Å²) in [5, 5.41) is 18.3. The third kappa shape index (κ3) is 3.74. The monoisotopic (exact) mass is 221 g/mol. The molecule has 1 aromatic carbocycles. The molecule has 0 aromatic heterocycles. The van der Waals surface area contributed by atoms with E-state index in [4.69, 9.17) is 9.69 Å². The van der Waals surface area contributed by atoms with Gasteiger partial charge in [-0.2, -0.15) is 5.26 Å². The first-order valence-corrected chi connectivity index (χ1v) is 8.19. The molecular weight excluding hydrogens is 206 g/mol. The van der Waals surface area contributed by atoms with E-state index in [1.807, 2.05) is 19.6 Å². The van der Waals surface area contributed by atoms with Crippen LogP contribution in [0.1, 0.15) is 11.7 Å². The van der Waals surface area contributed by atoms with Crippen LogP contribution in [0.15, 0.2) is 24.3 Å². The Morgan fingerprint density at radius 3 is 2.53 bits per heavy atom. The zero-order valence-electron chi connectivity index (χ0n) is 9.19. The second kappa shape index (κ2) is 4.47. The van der Waals surface area contributed by atoms with Crippen molar-refractivity contribution in [1.29, 1.82) is 5.26 Å². The maximum absolute atomic E-state index is 9.30. The molecule has 1 aromatic rings. The van der Waals surface area contributed by atoms with Crippen LogP contribution >= 0.6 is 0 Å². The van der Waals surface area contributed by atoms with Crippen molar-refractivity contribution in [2.75, 3.05) is 0 Å². The van der Waals surface area contributed by atoms with Gasteiger partial charge in [0.15, 0.2) is 14.4 Å². The van der Waals surface area contributed by atoms with Crippen LogP contribution in [0.25, 0.3) is 0 Å². The van der Waals surface area contributed by atoms with Gasteiger partial charge in [-0.25, -0.2) is 0 Å². The number of aromatic hydroxyl groups is 1. The van der Waals surface area contributed by atoms with Crippen LogP contribution in [0.5, 0.6) is 5.75 Å². The summed E-state index contributed by atoms with van der Waals surface area (Å²) >= 11 is 0. The highest BCUT2D eigenvalue weighted by atomic mass is 28.4. The van der Waals surface area contributed by atoms with Gasteiger partial charge in [0.2, 0.25) is 0 Å².